The molecule has 8 N–H and O–H groups in total. The van der Waals surface area contributed by atoms with Crippen molar-refractivity contribution < 1.29 is 9.47 Å². The molecular formula is C23H26N10O2. The Morgan fingerprint density at radius 1 is 1.03 bits per heavy atom. The van der Waals surface area contributed by atoms with Crippen molar-refractivity contribution in [3.05, 3.63) is 53.9 Å². The van der Waals surface area contributed by atoms with Crippen molar-refractivity contribution in [3.63, 3.8) is 0 Å². The van der Waals surface area contributed by atoms with Crippen LogP contribution in [0.15, 0.2) is 47.5 Å². The molecule has 0 fully saturated rings. The molecule has 0 atom stereocenters. The summed E-state index contributed by atoms with van der Waals surface area (Å²) in [5.41, 5.74) is 19.4. The normalized spacial score (nSPS) is 10.7. The summed E-state index contributed by atoms with van der Waals surface area (Å²) < 4.78 is 12.0. The molecular weight excluding hydrogens is 448 g/mol. The number of anilines is 1. The average Bonchev–Trinajstić information content (AvgIpc) is 3.22. The number of hydrogen-bond acceptors (Lipinski definition) is 8. The smallest absolute Gasteiger partial charge is 0.327 e. The van der Waals surface area contributed by atoms with E-state index in [2.05, 4.69) is 24.9 Å². The zero-order valence-corrected chi connectivity index (χ0v) is 19.5. The predicted octanol–water partition coefficient (Wildman–Crippen LogP) is 2.75. The standard InChI is InChI=1S/C23H26N10O2/c1-4-17-29-18-20(30-17)31-23(35-13-7-5-6-12(10-13)28-22(26)27)32-21(18)34-14-8-9-15(19(24)25)16(11-14)33(2)3/h5-11H,4H2,1-3H3,(H3,24,25)(H4,26,27,28)(H,29,30,31,32). The van der Waals surface area contributed by atoms with E-state index in [9.17, 15) is 0 Å². The van der Waals surface area contributed by atoms with Crippen molar-refractivity contribution in [3.8, 4) is 23.4 Å². The molecule has 0 unspecified atom stereocenters. The number of nitrogens with zero attached hydrogens (tertiary/aromatic N) is 5. The van der Waals surface area contributed by atoms with Crippen molar-refractivity contribution >= 4 is 34.3 Å². The van der Waals surface area contributed by atoms with Gasteiger partial charge in [0.1, 0.15) is 28.7 Å². The Hall–Kier alpha value is -4.87. The first-order valence-electron chi connectivity index (χ1n) is 10.7. The Bertz CT molecular complexity index is 1420. The molecule has 0 aliphatic carbocycles. The van der Waals surface area contributed by atoms with Gasteiger partial charge in [-0.3, -0.25) is 5.41 Å². The fourth-order valence-electron chi connectivity index (χ4n) is 3.34. The molecule has 0 spiro atoms. The molecule has 180 valence electrons. The number of aliphatic imine (C=N–C) groups is 1. The van der Waals surface area contributed by atoms with Gasteiger partial charge in [-0.15, -0.1) is 0 Å². The van der Waals surface area contributed by atoms with Crippen LogP contribution in [0.25, 0.3) is 11.2 Å². The molecule has 2 aromatic carbocycles. The molecule has 2 heterocycles. The van der Waals surface area contributed by atoms with Crippen LogP contribution >= 0.6 is 0 Å². The van der Waals surface area contributed by atoms with Gasteiger partial charge in [0.2, 0.25) is 0 Å². The van der Waals surface area contributed by atoms with Crippen molar-refractivity contribution in [2.24, 2.45) is 22.2 Å². The number of nitrogen functional groups attached to an aromatic ring is 1. The number of hydrogen-bond donors (Lipinski definition) is 5. The van der Waals surface area contributed by atoms with Gasteiger partial charge in [-0.2, -0.15) is 9.97 Å². The van der Waals surface area contributed by atoms with Crippen LogP contribution in [0.2, 0.25) is 0 Å². The van der Waals surface area contributed by atoms with Gasteiger partial charge >= 0.3 is 6.01 Å². The van der Waals surface area contributed by atoms with Gasteiger partial charge in [-0.05, 0) is 24.3 Å². The van der Waals surface area contributed by atoms with Gasteiger partial charge < -0.3 is 36.6 Å². The maximum atomic E-state index is 7.82. The first-order valence-corrected chi connectivity index (χ1v) is 10.7. The number of fused-ring (bicyclic) bond motifs is 1. The number of aromatic amines is 1. The number of aryl methyl sites for hydroxylation is 1. The molecule has 0 aliphatic rings. The zero-order chi connectivity index (χ0) is 25.1. The van der Waals surface area contributed by atoms with Crippen molar-refractivity contribution in [1.82, 2.24) is 19.9 Å². The minimum absolute atomic E-state index is 0.0375. The van der Waals surface area contributed by atoms with Crippen LogP contribution in [0.4, 0.5) is 11.4 Å². The highest BCUT2D eigenvalue weighted by molar-refractivity contribution is 6.00. The first-order chi connectivity index (χ1) is 16.7. The van der Waals surface area contributed by atoms with Gasteiger partial charge in [0.05, 0.1) is 11.4 Å². The first kappa shape index (κ1) is 23.3. The van der Waals surface area contributed by atoms with E-state index < -0.39 is 0 Å². The van der Waals surface area contributed by atoms with E-state index in [1.54, 1.807) is 42.5 Å². The van der Waals surface area contributed by atoms with Crippen LogP contribution in [0, 0.1) is 5.41 Å². The minimum atomic E-state index is -0.0630. The Morgan fingerprint density at radius 2 is 1.80 bits per heavy atom. The molecule has 12 heteroatoms. The summed E-state index contributed by atoms with van der Waals surface area (Å²) in [5, 5.41) is 7.82. The number of guanidine groups is 1. The lowest BCUT2D eigenvalue weighted by molar-refractivity contribution is 0.416. The summed E-state index contributed by atoms with van der Waals surface area (Å²) in [7, 11) is 3.72. The molecule has 2 aromatic heterocycles. The molecule has 35 heavy (non-hydrogen) atoms. The minimum Gasteiger partial charge on any atom is -0.437 e. The lowest BCUT2D eigenvalue weighted by Crippen LogP contribution is -2.21. The Labute approximate surface area is 201 Å². The van der Waals surface area contributed by atoms with Gasteiger partial charge in [-0.25, -0.2) is 9.98 Å². The molecule has 0 aliphatic heterocycles. The molecule has 0 bridgehead atoms. The number of ether oxygens (including phenoxy) is 2. The zero-order valence-electron chi connectivity index (χ0n) is 19.5. The fourth-order valence-corrected chi connectivity index (χ4v) is 3.34. The summed E-state index contributed by atoms with van der Waals surface area (Å²) in [4.78, 5) is 22.5. The molecule has 0 saturated heterocycles. The maximum Gasteiger partial charge on any atom is 0.327 e. The lowest BCUT2D eigenvalue weighted by Gasteiger charge is -2.18. The monoisotopic (exact) mass is 474 g/mol. The second-order valence-electron chi connectivity index (χ2n) is 7.77. The number of imidazole rings is 1. The largest absolute Gasteiger partial charge is 0.437 e. The van der Waals surface area contributed by atoms with Crippen LogP contribution in [-0.4, -0.2) is 45.8 Å². The molecule has 0 radical (unpaired) electrons. The highest BCUT2D eigenvalue weighted by Crippen LogP contribution is 2.33. The Morgan fingerprint density at radius 3 is 2.49 bits per heavy atom. The third kappa shape index (κ3) is 5.21. The van der Waals surface area contributed by atoms with E-state index in [4.69, 9.17) is 32.1 Å². The van der Waals surface area contributed by atoms with Gasteiger partial charge in [0, 0.05) is 38.2 Å². The number of benzene rings is 2. The Balaban J connectivity index is 1.74. The number of amidine groups is 1. The van der Waals surface area contributed by atoms with E-state index in [-0.39, 0.29) is 23.7 Å². The van der Waals surface area contributed by atoms with E-state index in [0.717, 1.165) is 11.5 Å². The van der Waals surface area contributed by atoms with E-state index in [1.165, 1.54) is 0 Å². The lowest BCUT2D eigenvalue weighted by atomic mass is 10.1. The molecule has 0 saturated carbocycles. The second-order valence-corrected chi connectivity index (χ2v) is 7.77. The number of rotatable bonds is 8. The third-order valence-electron chi connectivity index (χ3n) is 4.92. The van der Waals surface area contributed by atoms with Gasteiger partial charge in [-0.1, -0.05) is 13.0 Å². The summed E-state index contributed by atoms with van der Waals surface area (Å²) in [5.74, 6) is 1.79. The molecule has 4 aromatic rings. The van der Waals surface area contributed by atoms with Crippen molar-refractivity contribution in [1.29, 1.82) is 5.41 Å². The van der Waals surface area contributed by atoms with Crippen LogP contribution < -0.4 is 31.6 Å². The fraction of sp³-hybridized carbons (Fsp3) is 0.174. The average molecular weight is 475 g/mol. The maximum absolute atomic E-state index is 7.82. The van der Waals surface area contributed by atoms with Crippen LogP contribution in [0.3, 0.4) is 0 Å². The molecule has 12 nitrogen and oxygen atoms in total. The number of nitrogens with one attached hydrogen (secondary N) is 2. The van der Waals surface area contributed by atoms with E-state index in [0.29, 0.717) is 40.3 Å². The van der Waals surface area contributed by atoms with Crippen LogP contribution in [-0.2, 0) is 6.42 Å². The highest BCUT2D eigenvalue weighted by Gasteiger charge is 2.17. The Kier molecular flexibility index (Phi) is 6.36. The van der Waals surface area contributed by atoms with Crippen LogP contribution in [0.5, 0.6) is 23.4 Å². The molecule has 4 rings (SSSR count). The third-order valence-corrected chi connectivity index (χ3v) is 4.92. The highest BCUT2D eigenvalue weighted by atomic mass is 16.5. The van der Waals surface area contributed by atoms with Crippen molar-refractivity contribution in [2.75, 3.05) is 19.0 Å². The summed E-state index contributed by atoms with van der Waals surface area (Å²) >= 11 is 0. The van der Waals surface area contributed by atoms with E-state index >= 15 is 0 Å². The second kappa shape index (κ2) is 9.55. The SMILES string of the molecule is CCc1nc2nc(Oc3cccc(N=C(N)N)c3)nc(Oc3ccc(C(=N)N)c(N(C)C)c3)c2[nH]1. The van der Waals surface area contributed by atoms with E-state index in [1.807, 2.05) is 25.9 Å². The number of nitrogens with two attached hydrogens (primary N) is 3. The predicted molar refractivity (Wildman–Crippen MR) is 135 cm³/mol. The van der Waals surface area contributed by atoms with Crippen molar-refractivity contribution in [2.45, 2.75) is 13.3 Å². The van der Waals surface area contributed by atoms with Gasteiger partial charge in [0.15, 0.2) is 11.6 Å². The van der Waals surface area contributed by atoms with Crippen LogP contribution in [0.1, 0.15) is 18.3 Å². The molecule has 0 amide bonds. The summed E-state index contributed by atoms with van der Waals surface area (Å²) in [6, 6.07) is 12.1. The quantitative estimate of drug-likeness (QED) is 0.189. The van der Waals surface area contributed by atoms with Gasteiger partial charge in [0.25, 0.3) is 5.88 Å². The topological polar surface area (TPSA) is 190 Å². The summed E-state index contributed by atoms with van der Waals surface area (Å²) in [6.07, 6.45) is 0.671. The number of aromatic nitrogens is 4. The number of H-pyrrole nitrogens is 1. The summed E-state index contributed by atoms with van der Waals surface area (Å²) in [6.45, 7) is 1.97.